The molecule has 0 spiro atoms. The van der Waals surface area contributed by atoms with Gasteiger partial charge in [-0.05, 0) is 24.3 Å². The second kappa shape index (κ2) is 8.08. The third-order valence-corrected chi connectivity index (χ3v) is 2.71. The molecule has 0 unspecified atom stereocenters. The Morgan fingerprint density at radius 2 is 0.917 bits per heavy atom. The van der Waals surface area contributed by atoms with E-state index in [0.717, 1.165) is 0 Å². The summed E-state index contributed by atoms with van der Waals surface area (Å²) in [6.07, 6.45) is 0. The van der Waals surface area contributed by atoms with Crippen molar-refractivity contribution in [3.8, 4) is 0 Å². The predicted molar refractivity (Wildman–Crippen MR) is 80.0 cm³/mol. The minimum Gasteiger partial charge on any atom is -0.329 e. The van der Waals surface area contributed by atoms with Gasteiger partial charge in [-0.3, -0.25) is 9.59 Å². The first kappa shape index (κ1) is 16.7. The Hall–Kier alpha value is -3.68. The van der Waals surface area contributed by atoms with Crippen LogP contribution < -0.4 is 11.0 Å². The van der Waals surface area contributed by atoms with E-state index >= 15 is 0 Å². The van der Waals surface area contributed by atoms with Crippen molar-refractivity contribution in [1.82, 2.24) is 11.0 Å². The molecule has 122 valence electrons. The highest BCUT2D eigenvalue weighted by Crippen LogP contribution is 1.99. The van der Waals surface area contributed by atoms with Crippen LogP contribution in [-0.2, 0) is 19.3 Å². The lowest BCUT2D eigenvalue weighted by molar-refractivity contribution is -0.173. The van der Waals surface area contributed by atoms with E-state index < -0.39 is 23.8 Å². The summed E-state index contributed by atoms with van der Waals surface area (Å²) in [5.41, 5.74) is 4.06. The van der Waals surface area contributed by atoms with Crippen molar-refractivity contribution >= 4 is 23.8 Å². The third-order valence-electron chi connectivity index (χ3n) is 2.71. The third kappa shape index (κ3) is 4.67. The van der Waals surface area contributed by atoms with Gasteiger partial charge < -0.3 is 9.68 Å². The zero-order valence-corrected chi connectivity index (χ0v) is 12.2. The van der Waals surface area contributed by atoms with Crippen molar-refractivity contribution in [1.29, 1.82) is 0 Å². The molecule has 0 aromatic heterocycles. The number of carbonyl (C=O) groups is 4. The molecule has 0 aliphatic rings. The van der Waals surface area contributed by atoms with Gasteiger partial charge in [0.2, 0.25) is 0 Å². The monoisotopic (exact) mass is 328 g/mol. The summed E-state index contributed by atoms with van der Waals surface area (Å²) in [5, 5.41) is 0. The fourth-order valence-corrected chi connectivity index (χ4v) is 1.57. The Balaban J connectivity index is 1.77. The van der Waals surface area contributed by atoms with E-state index in [9.17, 15) is 19.2 Å². The van der Waals surface area contributed by atoms with Crippen molar-refractivity contribution in [2.45, 2.75) is 0 Å². The number of rotatable bonds is 2. The molecule has 0 saturated heterocycles. The Kier molecular flexibility index (Phi) is 5.62. The number of carbonyl (C=O) groups excluding carboxylic acids is 4. The Bertz CT molecular complexity index is 680. The second-order valence-corrected chi connectivity index (χ2v) is 4.37. The molecule has 0 heterocycles. The summed E-state index contributed by atoms with van der Waals surface area (Å²) < 4.78 is 0. The topological polar surface area (TPSA) is 111 Å². The van der Waals surface area contributed by atoms with Crippen LogP contribution in [0.15, 0.2) is 60.7 Å². The summed E-state index contributed by atoms with van der Waals surface area (Å²) >= 11 is 0. The normalized spacial score (nSPS) is 9.50. The van der Waals surface area contributed by atoms with Crippen LogP contribution in [0, 0.1) is 0 Å². The molecule has 2 aromatic rings. The van der Waals surface area contributed by atoms with Gasteiger partial charge in [-0.25, -0.2) is 9.59 Å². The van der Waals surface area contributed by atoms with Gasteiger partial charge in [-0.15, -0.1) is 0 Å². The van der Waals surface area contributed by atoms with Crippen molar-refractivity contribution in [3.05, 3.63) is 71.8 Å². The van der Waals surface area contributed by atoms with Crippen LogP contribution in [0.5, 0.6) is 0 Å². The van der Waals surface area contributed by atoms with Crippen LogP contribution in [0.4, 0.5) is 0 Å². The number of amides is 2. The first-order chi connectivity index (χ1) is 11.6. The largest absolute Gasteiger partial charge is 0.443 e. The van der Waals surface area contributed by atoms with Crippen LogP contribution >= 0.6 is 0 Å². The number of hydrogen-bond acceptors (Lipinski definition) is 6. The molecule has 24 heavy (non-hydrogen) atoms. The summed E-state index contributed by atoms with van der Waals surface area (Å²) in [6.45, 7) is 0. The lowest BCUT2D eigenvalue weighted by atomic mass is 10.2. The van der Waals surface area contributed by atoms with E-state index in [1.165, 1.54) is 24.3 Å². The maximum Gasteiger partial charge on any atom is 0.443 e. The smallest absolute Gasteiger partial charge is 0.329 e. The maximum atomic E-state index is 11.6. The van der Waals surface area contributed by atoms with Gasteiger partial charge in [0.25, 0.3) is 11.8 Å². The lowest BCUT2D eigenvalue weighted by Crippen LogP contribution is -2.35. The Labute approximate surface area is 136 Å². The number of nitrogens with one attached hydrogen (secondary N) is 2. The first-order valence-electron chi connectivity index (χ1n) is 6.70. The highest BCUT2D eigenvalue weighted by molar-refractivity contribution is 6.29. The van der Waals surface area contributed by atoms with E-state index in [0.29, 0.717) is 0 Å². The van der Waals surface area contributed by atoms with Gasteiger partial charge in [0.15, 0.2) is 0 Å². The molecule has 0 fully saturated rings. The van der Waals surface area contributed by atoms with E-state index in [1.54, 1.807) is 47.4 Å². The van der Waals surface area contributed by atoms with E-state index in [-0.39, 0.29) is 11.1 Å². The lowest BCUT2D eigenvalue weighted by Gasteiger charge is -2.06. The van der Waals surface area contributed by atoms with Gasteiger partial charge in [0, 0.05) is 11.1 Å². The van der Waals surface area contributed by atoms with E-state index in [1.807, 2.05) is 0 Å². The fourth-order valence-electron chi connectivity index (χ4n) is 1.57. The number of hydrogen-bond donors (Lipinski definition) is 2. The van der Waals surface area contributed by atoms with Crippen molar-refractivity contribution in [3.63, 3.8) is 0 Å². The molecule has 8 nitrogen and oxygen atoms in total. The molecule has 0 atom stereocenters. The Morgan fingerprint density at radius 3 is 1.25 bits per heavy atom. The molecule has 2 amide bonds. The van der Waals surface area contributed by atoms with Crippen LogP contribution in [-0.4, -0.2) is 23.8 Å². The van der Waals surface area contributed by atoms with Crippen LogP contribution in [0.3, 0.4) is 0 Å². The zero-order valence-electron chi connectivity index (χ0n) is 12.2. The van der Waals surface area contributed by atoms with Gasteiger partial charge in [0.05, 0.1) is 0 Å². The standard InChI is InChI=1S/C16H12N2O6/c19-13(11-7-3-1-4-8-11)17-23-15(21)16(22)24-18-14(20)12-9-5-2-6-10-12/h1-10H,(H,17,19)(H,18,20). The molecular formula is C16H12N2O6. The highest BCUT2D eigenvalue weighted by atomic mass is 16.7. The van der Waals surface area contributed by atoms with Gasteiger partial charge >= 0.3 is 11.9 Å². The number of benzene rings is 2. The maximum absolute atomic E-state index is 11.6. The average Bonchev–Trinajstić information content (AvgIpc) is 2.64. The zero-order chi connectivity index (χ0) is 17.4. The summed E-state index contributed by atoms with van der Waals surface area (Å²) in [7, 11) is 0. The summed E-state index contributed by atoms with van der Waals surface area (Å²) in [5.74, 6) is -4.42. The molecule has 8 heteroatoms. The van der Waals surface area contributed by atoms with Crippen LogP contribution in [0.1, 0.15) is 20.7 Å². The SMILES string of the molecule is O=C(ONC(=O)c1ccccc1)C(=O)ONC(=O)c1ccccc1. The Morgan fingerprint density at radius 1 is 0.583 bits per heavy atom. The molecular weight excluding hydrogens is 316 g/mol. The van der Waals surface area contributed by atoms with Crippen LogP contribution in [0.25, 0.3) is 0 Å². The van der Waals surface area contributed by atoms with Crippen LogP contribution in [0.2, 0.25) is 0 Å². The predicted octanol–water partition coefficient (Wildman–Crippen LogP) is 0.763. The van der Waals surface area contributed by atoms with Crippen molar-refractivity contribution < 1.29 is 28.9 Å². The van der Waals surface area contributed by atoms with Crippen molar-refractivity contribution in [2.24, 2.45) is 0 Å². The molecule has 2 N–H and O–H groups in total. The second-order valence-electron chi connectivity index (χ2n) is 4.37. The van der Waals surface area contributed by atoms with E-state index in [4.69, 9.17) is 0 Å². The van der Waals surface area contributed by atoms with Gasteiger partial charge in [-0.2, -0.15) is 11.0 Å². The van der Waals surface area contributed by atoms with E-state index in [2.05, 4.69) is 9.68 Å². The molecule has 0 aliphatic heterocycles. The fraction of sp³-hybridized carbons (Fsp3) is 0. The molecule has 0 aliphatic carbocycles. The quantitative estimate of drug-likeness (QED) is 0.622. The number of hydroxylamine groups is 2. The minimum atomic E-state index is -1.49. The molecule has 0 saturated carbocycles. The summed E-state index contributed by atoms with van der Waals surface area (Å²) in [6, 6.07) is 15.8. The molecule has 2 rings (SSSR count). The highest BCUT2D eigenvalue weighted by Gasteiger charge is 2.21. The van der Waals surface area contributed by atoms with Gasteiger partial charge in [-0.1, -0.05) is 36.4 Å². The average molecular weight is 328 g/mol. The molecule has 0 bridgehead atoms. The molecule has 2 aromatic carbocycles. The first-order valence-corrected chi connectivity index (χ1v) is 6.70. The summed E-state index contributed by atoms with van der Waals surface area (Å²) in [4.78, 5) is 54.5. The van der Waals surface area contributed by atoms with Crippen molar-refractivity contribution in [2.75, 3.05) is 0 Å². The van der Waals surface area contributed by atoms with Gasteiger partial charge in [0.1, 0.15) is 0 Å². The minimum absolute atomic E-state index is 0.232. The molecule has 0 radical (unpaired) electrons.